The van der Waals surface area contributed by atoms with Crippen LogP contribution in [0.5, 0.6) is 11.8 Å². The molecule has 1 unspecified atom stereocenters. The third kappa shape index (κ3) is 4.13. The van der Waals surface area contributed by atoms with E-state index in [1.54, 1.807) is 7.11 Å². The number of aromatic nitrogens is 3. The van der Waals surface area contributed by atoms with Gasteiger partial charge in [-0.3, -0.25) is 0 Å². The zero-order chi connectivity index (χ0) is 16.8. The first-order chi connectivity index (χ1) is 11.8. The van der Waals surface area contributed by atoms with Crippen LogP contribution in [0.2, 0.25) is 0 Å². The van der Waals surface area contributed by atoms with Crippen LogP contribution in [0.15, 0.2) is 30.6 Å². The molecule has 3 heterocycles. The molecule has 1 atom stereocenters. The quantitative estimate of drug-likeness (QED) is 0.812. The Bertz CT molecular complexity index is 648. The fourth-order valence-electron chi connectivity index (χ4n) is 2.87. The minimum Gasteiger partial charge on any atom is -0.481 e. The summed E-state index contributed by atoms with van der Waals surface area (Å²) in [5.74, 6) is 2.44. The fraction of sp³-hybridized carbons (Fsp3) is 0.500. The molecule has 6 nitrogen and oxygen atoms in total. The van der Waals surface area contributed by atoms with Crippen molar-refractivity contribution < 1.29 is 9.47 Å². The number of aryl methyl sites for hydroxylation is 1. The highest BCUT2D eigenvalue weighted by Crippen LogP contribution is 2.22. The van der Waals surface area contributed by atoms with Crippen LogP contribution in [0.25, 0.3) is 0 Å². The average molecular weight is 328 g/mol. The number of rotatable bonds is 6. The Morgan fingerprint density at radius 3 is 2.75 bits per heavy atom. The van der Waals surface area contributed by atoms with Crippen molar-refractivity contribution >= 4 is 5.95 Å². The van der Waals surface area contributed by atoms with Crippen molar-refractivity contribution in [3.8, 4) is 11.8 Å². The Morgan fingerprint density at radius 1 is 1.21 bits per heavy atom. The Balaban J connectivity index is 1.56. The van der Waals surface area contributed by atoms with Crippen molar-refractivity contribution in [2.75, 3.05) is 31.7 Å². The van der Waals surface area contributed by atoms with Gasteiger partial charge in [0.15, 0.2) is 0 Å². The molecule has 0 radical (unpaired) electrons. The van der Waals surface area contributed by atoms with Gasteiger partial charge in [-0.25, -0.2) is 9.97 Å². The predicted molar refractivity (Wildman–Crippen MR) is 92.6 cm³/mol. The summed E-state index contributed by atoms with van der Waals surface area (Å²) in [5, 5.41) is 0. The van der Waals surface area contributed by atoms with E-state index in [0.29, 0.717) is 24.3 Å². The van der Waals surface area contributed by atoms with Gasteiger partial charge in [0.25, 0.3) is 0 Å². The van der Waals surface area contributed by atoms with Crippen molar-refractivity contribution in [3.63, 3.8) is 0 Å². The third-order valence-electron chi connectivity index (χ3n) is 4.28. The Morgan fingerprint density at radius 2 is 2.00 bits per heavy atom. The highest BCUT2D eigenvalue weighted by atomic mass is 16.5. The van der Waals surface area contributed by atoms with Crippen LogP contribution in [-0.2, 0) is 6.42 Å². The van der Waals surface area contributed by atoms with Gasteiger partial charge < -0.3 is 14.4 Å². The van der Waals surface area contributed by atoms with E-state index in [-0.39, 0.29) is 0 Å². The molecule has 128 valence electrons. The number of nitrogens with zero attached hydrogens (tertiary/aromatic N) is 4. The number of piperidine rings is 1. The van der Waals surface area contributed by atoms with Crippen molar-refractivity contribution in [1.29, 1.82) is 0 Å². The zero-order valence-electron chi connectivity index (χ0n) is 14.3. The van der Waals surface area contributed by atoms with Crippen molar-refractivity contribution in [2.24, 2.45) is 5.92 Å². The van der Waals surface area contributed by atoms with Crippen LogP contribution in [0.1, 0.15) is 25.3 Å². The summed E-state index contributed by atoms with van der Waals surface area (Å²) in [4.78, 5) is 15.5. The molecule has 1 saturated heterocycles. The van der Waals surface area contributed by atoms with Crippen LogP contribution in [0.3, 0.4) is 0 Å². The lowest BCUT2D eigenvalue weighted by Crippen LogP contribution is -2.38. The Kier molecular flexibility index (Phi) is 5.46. The van der Waals surface area contributed by atoms with Gasteiger partial charge in [-0.1, -0.05) is 13.0 Å². The topological polar surface area (TPSA) is 60.4 Å². The lowest BCUT2D eigenvalue weighted by molar-refractivity contribution is 0.219. The second kappa shape index (κ2) is 7.95. The van der Waals surface area contributed by atoms with Gasteiger partial charge in [-0.15, -0.1) is 0 Å². The predicted octanol–water partition coefficient (Wildman–Crippen LogP) is 2.74. The molecule has 2 aromatic rings. The molecule has 2 aromatic heterocycles. The first-order valence-corrected chi connectivity index (χ1v) is 8.48. The summed E-state index contributed by atoms with van der Waals surface area (Å²) in [6, 6.07) is 5.56. The van der Waals surface area contributed by atoms with Crippen molar-refractivity contribution in [1.82, 2.24) is 15.0 Å². The normalized spacial score (nSPS) is 17.6. The highest BCUT2D eigenvalue weighted by molar-refractivity contribution is 5.30. The zero-order valence-corrected chi connectivity index (χ0v) is 14.3. The van der Waals surface area contributed by atoms with Gasteiger partial charge >= 0.3 is 0 Å². The van der Waals surface area contributed by atoms with E-state index in [2.05, 4.69) is 26.8 Å². The van der Waals surface area contributed by atoms with Gasteiger partial charge in [0.2, 0.25) is 17.7 Å². The van der Waals surface area contributed by atoms with Crippen LogP contribution in [0, 0.1) is 5.92 Å². The van der Waals surface area contributed by atoms with E-state index >= 15 is 0 Å². The summed E-state index contributed by atoms with van der Waals surface area (Å²) in [7, 11) is 1.61. The molecule has 0 aromatic carbocycles. The third-order valence-corrected chi connectivity index (χ3v) is 4.28. The molecule has 1 fully saturated rings. The van der Waals surface area contributed by atoms with Gasteiger partial charge in [0.05, 0.1) is 13.7 Å². The standard InChI is InChI=1S/C18H24N4O2/c1-3-14-10-19-18(20-11-14)22-9-5-6-15(12-22)13-24-17-8-4-7-16(21-17)23-2/h4,7-8,10-11,15H,3,5-6,9,12-13H2,1-2H3. The van der Waals surface area contributed by atoms with Crippen LogP contribution >= 0.6 is 0 Å². The SMILES string of the molecule is CCc1cnc(N2CCCC(COc3cccc(OC)n3)C2)nc1. The number of methoxy groups -OCH3 is 1. The van der Waals surface area contributed by atoms with Gasteiger partial charge in [-0.2, -0.15) is 4.98 Å². The molecule has 0 aliphatic carbocycles. The van der Waals surface area contributed by atoms with E-state index < -0.39 is 0 Å². The summed E-state index contributed by atoms with van der Waals surface area (Å²) >= 11 is 0. The van der Waals surface area contributed by atoms with Crippen molar-refractivity contribution in [3.05, 3.63) is 36.2 Å². The first kappa shape index (κ1) is 16.5. The summed E-state index contributed by atoms with van der Waals surface area (Å²) < 4.78 is 11.0. The Hall–Kier alpha value is -2.37. The first-order valence-electron chi connectivity index (χ1n) is 8.48. The number of ether oxygens (including phenoxy) is 2. The molecule has 3 rings (SSSR count). The molecule has 1 aliphatic heterocycles. The number of hydrogen-bond donors (Lipinski definition) is 0. The maximum Gasteiger partial charge on any atom is 0.225 e. The average Bonchev–Trinajstić information content (AvgIpc) is 2.67. The molecule has 0 N–H and O–H groups in total. The van der Waals surface area contributed by atoms with E-state index in [9.17, 15) is 0 Å². The highest BCUT2D eigenvalue weighted by Gasteiger charge is 2.22. The summed E-state index contributed by atoms with van der Waals surface area (Å²) in [6.45, 7) is 4.66. The van der Waals surface area contributed by atoms with Crippen LogP contribution in [-0.4, -0.2) is 41.8 Å². The lowest BCUT2D eigenvalue weighted by Gasteiger charge is -2.32. The molecule has 0 saturated carbocycles. The molecule has 6 heteroatoms. The molecule has 1 aliphatic rings. The van der Waals surface area contributed by atoms with Gasteiger partial charge in [0.1, 0.15) is 0 Å². The largest absolute Gasteiger partial charge is 0.481 e. The summed E-state index contributed by atoms with van der Waals surface area (Å²) in [6.07, 6.45) is 7.07. The number of pyridine rings is 1. The lowest BCUT2D eigenvalue weighted by atomic mass is 9.99. The van der Waals surface area contributed by atoms with E-state index in [1.807, 2.05) is 30.6 Å². The van der Waals surface area contributed by atoms with Crippen molar-refractivity contribution in [2.45, 2.75) is 26.2 Å². The van der Waals surface area contributed by atoms with Crippen LogP contribution in [0.4, 0.5) is 5.95 Å². The van der Waals surface area contributed by atoms with Gasteiger partial charge in [-0.05, 0) is 24.8 Å². The minimum absolute atomic E-state index is 0.446. The second-order valence-corrected chi connectivity index (χ2v) is 6.03. The monoisotopic (exact) mass is 328 g/mol. The smallest absolute Gasteiger partial charge is 0.225 e. The fourth-order valence-corrected chi connectivity index (χ4v) is 2.87. The molecule has 0 amide bonds. The van der Waals surface area contributed by atoms with Crippen LogP contribution < -0.4 is 14.4 Å². The van der Waals surface area contributed by atoms with E-state index in [0.717, 1.165) is 38.3 Å². The number of anilines is 1. The van der Waals surface area contributed by atoms with E-state index in [1.165, 1.54) is 5.56 Å². The minimum atomic E-state index is 0.446. The maximum atomic E-state index is 5.85. The molecule has 0 bridgehead atoms. The second-order valence-electron chi connectivity index (χ2n) is 6.03. The number of hydrogen-bond acceptors (Lipinski definition) is 6. The molecular weight excluding hydrogens is 304 g/mol. The molecule has 0 spiro atoms. The molecule has 24 heavy (non-hydrogen) atoms. The molecular formula is C18H24N4O2. The summed E-state index contributed by atoms with van der Waals surface area (Å²) in [5.41, 5.74) is 1.17. The van der Waals surface area contributed by atoms with E-state index in [4.69, 9.17) is 9.47 Å². The van der Waals surface area contributed by atoms with Gasteiger partial charge in [0, 0.05) is 43.5 Å². The maximum absolute atomic E-state index is 5.85. The Labute approximate surface area is 142 Å².